The standard InChI is InChI=1S/C28H20ClF3N4O3/c29-20-6-9-22-23(14-20)35(21-7-4-16(5-8-21)12-18-15-33-34-24(18)28(30,31)32)26(39)36(22)27(10-11-27)19-3-1-2-17(13-19)25(37)38/h1-9,13-15H,10-12H2,(H,33,34)(H,37,38). The third-order valence-electron chi connectivity index (χ3n) is 7.19. The molecule has 1 saturated carbocycles. The Morgan fingerprint density at radius 1 is 1.05 bits per heavy atom. The minimum atomic E-state index is -4.54. The van der Waals surface area contributed by atoms with Crippen molar-refractivity contribution in [1.29, 1.82) is 0 Å². The zero-order chi connectivity index (χ0) is 27.5. The number of carbonyl (C=O) groups is 1. The van der Waals surface area contributed by atoms with E-state index in [1.54, 1.807) is 59.2 Å². The number of rotatable bonds is 6. The van der Waals surface area contributed by atoms with Crippen molar-refractivity contribution >= 4 is 28.6 Å². The van der Waals surface area contributed by atoms with Crippen molar-refractivity contribution < 1.29 is 23.1 Å². The van der Waals surface area contributed by atoms with Crippen LogP contribution in [0.1, 0.15) is 45.6 Å². The molecule has 0 unspecified atom stereocenters. The summed E-state index contributed by atoms with van der Waals surface area (Å²) in [4.78, 5) is 25.6. The smallest absolute Gasteiger partial charge is 0.433 e. The van der Waals surface area contributed by atoms with E-state index in [1.165, 1.54) is 10.6 Å². The minimum Gasteiger partial charge on any atom is -0.478 e. The summed E-state index contributed by atoms with van der Waals surface area (Å²) in [5.41, 5.74) is 1.32. The molecule has 0 saturated heterocycles. The second-order valence-electron chi connectivity index (χ2n) is 9.62. The van der Waals surface area contributed by atoms with Crippen molar-refractivity contribution in [1.82, 2.24) is 19.3 Å². The van der Waals surface area contributed by atoms with Gasteiger partial charge in [0.15, 0.2) is 0 Å². The van der Waals surface area contributed by atoms with Crippen LogP contribution in [0.5, 0.6) is 0 Å². The SMILES string of the molecule is O=C(O)c1cccc(C2(n3c(=O)n(-c4ccc(Cc5cn[nH]c5C(F)(F)F)cc4)c4cc(Cl)ccc43)CC2)c1. The molecule has 39 heavy (non-hydrogen) atoms. The van der Waals surface area contributed by atoms with E-state index in [2.05, 4.69) is 5.10 Å². The van der Waals surface area contributed by atoms with Crippen LogP contribution < -0.4 is 5.69 Å². The van der Waals surface area contributed by atoms with Gasteiger partial charge in [-0.1, -0.05) is 35.9 Å². The number of nitrogens with one attached hydrogen (secondary N) is 1. The van der Waals surface area contributed by atoms with E-state index in [4.69, 9.17) is 11.6 Å². The number of halogens is 4. The number of benzene rings is 3. The van der Waals surface area contributed by atoms with Crippen molar-refractivity contribution in [2.45, 2.75) is 31.0 Å². The van der Waals surface area contributed by atoms with Gasteiger partial charge in [-0.15, -0.1) is 0 Å². The van der Waals surface area contributed by atoms with Crippen LogP contribution in [0.4, 0.5) is 13.2 Å². The number of carboxylic acid groups (broad SMARTS) is 1. The maximum atomic E-state index is 14.0. The third-order valence-corrected chi connectivity index (χ3v) is 7.43. The van der Waals surface area contributed by atoms with Crippen LogP contribution in [0.2, 0.25) is 5.02 Å². The lowest BCUT2D eigenvalue weighted by Gasteiger charge is -2.18. The fourth-order valence-corrected chi connectivity index (χ4v) is 5.38. The molecule has 0 atom stereocenters. The van der Waals surface area contributed by atoms with E-state index in [9.17, 15) is 27.9 Å². The molecule has 11 heteroatoms. The molecule has 0 radical (unpaired) electrons. The summed E-state index contributed by atoms with van der Waals surface area (Å²) in [7, 11) is 0. The normalized spacial score (nSPS) is 14.6. The fraction of sp³-hybridized carbons (Fsp3) is 0.179. The molecule has 2 aromatic heterocycles. The van der Waals surface area contributed by atoms with Crippen molar-refractivity contribution in [3.8, 4) is 5.69 Å². The second kappa shape index (κ2) is 8.88. The first-order valence-electron chi connectivity index (χ1n) is 12.0. The largest absolute Gasteiger partial charge is 0.478 e. The van der Waals surface area contributed by atoms with Crippen LogP contribution in [0, 0.1) is 0 Å². The van der Waals surface area contributed by atoms with Gasteiger partial charge < -0.3 is 5.11 Å². The lowest BCUT2D eigenvalue weighted by Crippen LogP contribution is -2.32. The van der Waals surface area contributed by atoms with Crippen molar-refractivity contribution in [3.63, 3.8) is 0 Å². The Morgan fingerprint density at radius 3 is 2.46 bits per heavy atom. The van der Waals surface area contributed by atoms with E-state index in [1.807, 2.05) is 11.2 Å². The van der Waals surface area contributed by atoms with Gasteiger partial charge in [0.2, 0.25) is 0 Å². The van der Waals surface area contributed by atoms with Gasteiger partial charge in [0.05, 0.1) is 34.0 Å². The van der Waals surface area contributed by atoms with Gasteiger partial charge in [-0.3, -0.25) is 14.2 Å². The Hall–Kier alpha value is -4.31. The molecule has 5 aromatic rings. The molecule has 2 N–H and O–H groups in total. The number of aromatic nitrogens is 4. The van der Waals surface area contributed by atoms with Crippen LogP contribution in [-0.2, 0) is 18.1 Å². The highest BCUT2D eigenvalue weighted by atomic mass is 35.5. The summed E-state index contributed by atoms with van der Waals surface area (Å²) >= 11 is 6.31. The summed E-state index contributed by atoms with van der Waals surface area (Å²) in [6, 6.07) is 18.5. The third kappa shape index (κ3) is 4.21. The van der Waals surface area contributed by atoms with Gasteiger partial charge in [0, 0.05) is 17.0 Å². The molecule has 7 nitrogen and oxygen atoms in total. The number of aromatic carboxylic acids is 1. The zero-order valence-electron chi connectivity index (χ0n) is 20.2. The Kier molecular flexibility index (Phi) is 5.69. The number of hydrogen-bond donors (Lipinski definition) is 2. The molecule has 2 heterocycles. The van der Waals surface area contributed by atoms with E-state index < -0.39 is 23.4 Å². The van der Waals surface area contributed by atoms with E-state index in [0.29, 0.717) is 40.1 Å². The lowest BCUT2D eigenvalue weighted by atomic mass is 10.0. The minimum absolute atomic E-state index is 0.0111. The molecular weight excluding hydrogens is 533 g/mol. The number of hydrogen-bond acceptors (Lipinski definition) is 3. The molecule has 0 amide bonds. The quantitative estimate of drug-likeness (QED) is 0.270. The van der Waals surface area contributed by atoms with E-state index in [-0.39, 0.29) is 23.2 Å². The highest BCUT2D eigenvalue weighted by Crippen LogP contribution is 2.50. The number of carboxylic acids is 1. The molecule has 1 fully saturated rings. The molecule has 0 spiro atoms. The number of H-pyrrole nitrogens is 1. The number of nitrogens with zero attached hydrogens (tertiary/aromatic N) is 3. The predicted molar refractivity (Wildman–Crippen MR) is 139 cm³/mol. The van der Waals surface area contributed by atoms with Crippen LogP contribution >= 0.6 is 11.6 Å². The molecule has 1 aliphatic carbocycles. The summed E-state index contributed by atoms with van der Waals surface area (Å²) in [6.07, 6.45) is -2.06. The van der Waals surface area contributed by atoms with Gasteiger partial charge in [0.25, 0.3) is 0 Å². The van der Waals surface area contributed by atoms with Gasteiger partial charge in [-0.25, -0.2) is 9.59 Å². The van der Waals surface area contributed by atoms with Crippen LogP contribution in [-0.4, -0.2) is 30.4 Å². The monoisotopic (exact) mass is 552 g/mol. The first-order chi connectivity index (χ1) is 18.6. The number of alkyl halides is 3. The zero-order valence-corrected chi connectivity index (χ0v) is 20.9. The van der Waals surface area contributed by atoms with Crippen molar-refractivity contribution in [2.75, 3.05) is 0 Å². The van der Waals surface area contributed by atoms with Crippen LogP contribution in [0.3, 0.4) is 0 Å². The Bertz CT molecular complexity index is 1800. The van der Waals surface area contributed by atoms with E-state index in [0.717, 1.165) is 11.8 Å². The molecule has 0 aliphatic heterocycles. The Labute approximate surface area is 224 Å². The first-order valence-corrected chi connectivity index (χ1v) is 12.4. The van der Waals surface area contributed by atoms with Crippen LogP contribution in [0.25, 0.3) is 16.7 Å². The van der Waals surface area contributed by atoms with Crippen LogP contribution in [0.15, 0.2) is 77.7 Å². The van der Waals surface area contributed by atoms with Crippen molar-refractivity contribution in [2.24, 2.45) is 0 Å². The average Bonchev–Trinajstić information content (AvgIpc) is 3.45. The highest BCUT2D eigenvalue weighted by molar-refractivity contribution is 6.31. The summed E-state index contributed by atoms with van der Waals surface area (Å²) in [5, 5.41) is 15.5. The van der Waals surface area contributed by atoms with Gasteiger partial charge in [-0.05, 0) is 66.4 Å². The Balaban J connectivity index is 1.44. The summed E-state index contributed by atoms with van der Waals surface area (Å²) in [6.45, 7) is 0. The first kappa shape index (κ1) is 25.0. The fourth-order valence-electron chi connectivity index (χ4n) is 5.21. The van der Waals surface area contributed by atoms with Gasteiger partial charge >= 0.3 is 17.8 Å². The highest BCUT2D eigenvalue weighted by Gasteiger charge is 2.49. The topological polar surface area (TPSA) is 92.9 Å². The molecular formula is C28H20ClF3N4O3. The maximum absolute atomic E-state index is 14.0. The summed E-state index contributed by atoms with van der Waals surface area (Å²) < 4.78 is 42.9. The van der Waals surface area contributed by atoms with E-state index >= 15 is 0 Å². The predicted octanol–water partition coefficient (Wildman–Crippen LogP) is 6.01. The maximum Gasteiger partial charge on any atom is 0.433 e. The van der Waals surface area contributed by atoms with Crippen molar-refractivity contribution in [3.05, 3.63) is 116 Å². The second-order valence-corrected chi connectivity index (χ2v) is 10.1. The summed E-state index contributed by atoms with van der Waals surface area (Å²) in [5.74, 6) is -1.05. The van der Waals surface area contributed by atoms with Gasteiger partial charge in [-0.2, -0.15) is 18.3 Å². The average molecular weight is 553 g/mol. The molecule has 3 aromatic carbocycles. The lowest BCUT2D eigenvalue weighted by molar-refractivity contribution is -0.141. The number of imidazole rings is 1. The number of fused-ring (bicyclic) bond motifs is 1. The van der Waals surface area contributed by atoms with Gasteiger partial charge in [0.1, 0.15) is 5.69 Å². The molecule has 198 valence electrons. The molecule has 0 bridgehead atoms. The number of aromatic amines is 1. The Morgan fingerprint density at radius 2 is 1.79 bits per heavy atom. The molecule has 1 aliphatic rings. The molecule has 6 rings (SSSR count).